The van der Waals surface area contributed by atoms with Crippen LogP contribution in [0, 0.1) is 33.6 Å². The summed E-state index contributed by atoms with van der Waals surface area (Å²) < 4.78 is 43.5. The summed E-state index contributed by atoms with van der Waals surface area (Å²) in [6.07, 6.45) is 4.91. The molecule has 4 aromatic rings. The van der Waals surface area contributed by atoms with Gasteiger partial charge >= 0.3 is 5.97 Å². The Bertz CT molecular complexity index is 1990. The quantitative estimate of drug-likeness (QED) is 0.0911. The van der Waals surface area contributed by atoms with E-state index >= 15 is 0 Å². The fourth-order valence-corrected chi connectivity index (χ4v) is 8.27. The summed E-state index contributed by atoms with van der Waals surface area (Å²) in [6, 6.07) is 5.74. The zero-order chi connectivity index (χ0) is 34.5. The maximum absolute atomic E-state index is 13.9. The third-order valence-corrected chi connectivity index (χ3v) is 10.8. The molecule has 0 unspecified atom stereocenters. The van der Waals surface area contributed by atoms with Gasteiger partial charge in [0.15, 0.2) is 0 Å². The zero-order valence-corrected chi connectivity index (χ0v) is 30.7. The van der Waals surface area contributed by atoms with Crippen LogP contribution in [0.2, 0.25) is 0 Å². The van der Waals surface area contributed by atoms with E-state index in [1.807, 2.05) is 0 Å². The number of carbonyl (C=O) groups excluding carboxylic acids is 2. The Kier molecular flexibility index (Phi) is 10.8. The van der Waals surface area contributed by atoms with Crippen LogP contribution in [0.15, 0.2) is 45.6 Å². The number of methoxy groups -OCH3 is 3. The van der Waals surface area contributed by atoms with Crippen LogP contribution in [-0.4, -0.2) is 61.3 Å². The smallest absolute Gasteiger partial charge is 0.316 e. The Hall–Kier alpha value is -3.14. The van der Waals surface area contributed by atoms with Crippen LogP contribution in [-0.2, 0) is 51.7 Å². The molecule has 7 rings (SSSR count). The van der Waals surface area contributed by atoms with Crippen molar-refractivity contribution in [3.8, 4) is 0 Å². The van der Waals surface area contributed by atoms with Crippen LogP contribution in [0.3, 0.4) is 0 Å². The normalized spacial score (nSPS) is 23.4. The monoisotopic (exact) mass is 846 g/mol. The molecule has 1 spiro atoms. The number of ether oxygens (including phenoxy) is 3. The molecule has 2 aromatic carbocycles. The molecule has 260 valence electrons. The molecule has 11 nitrogen and oxygen atoms in total. The van der Waals surface area contributed by atoms with Gasteiger partial charge in [-0.15, -0.1) is 0 Å². The average molecular weight is 848 g/mol. The molecular formula is C33H30Br2F2FeN4O7. The van der Waals surface area contributed by atoms with Crippen molar-refractivity contribution in [1.29, 1.82) is 0 Å². The third-order valence-electron chi connectivity index (χ3n) is 9.57. The summed E-state index contributed by atoms with van der Waals surface area (Å²) in [5.74, 6) is -0.968. The van der Waals surface area contributed by atoms with Gasteiger partial charge in [-0.25, -0.2) is 13.8 Å². The minimum atomic E-state index is -1.18. The van der Waals surface area contributed by atoms with Crippen LogP contribution in [0.4, 0.5) is 20.2 Å². The molecule has 0 atom stereocenters. The van der Waals surface area contributed by atoms with Gasteiger partial charge in [0.2, 0.25) is 5.91 Å². The predicted molar refractivity (Wildman–Crippen MR) is 179 cm³/mol. The van der Waals surface area contributed by atoms with Gasteiger partial charge in [0.25, 0.3) is 5.69 Å². The van der Waals surface area contributed by atoms with Gasteiger partial charge in [0.05, 0.1) is 54.9 Å². The number of pyridine rings is 2. The molecule has 2 saturated carbocycles. The number of halogens is 4. The number of hydrogen-bond acceptors (Lipinski definition) is 9. The summed E-state index contributed by atoms with van der Waals surface area (Å²) >= 11 is 6.33. The maximum Gasteiger partial charge on any atom is 0.316 e. The van der Waals surface area contributed by atoms with E-state index in [0.717, 1.165) is 35.7 Å². The number of nitrogens with zero attached hydrogens (tertiary/aromatic N) is 3. The number of fused-ring (bicyclic) bond motifs is 5. The average Bonchev–Trinajstić information content (AvgIpc) is 3.31. The Balaban J connectivity index is 0.000000189. The van der Waals surface area contributed by atoms with Gasteiger partial charge in [-0.2, -0.15) is 0 Å². The second-order valence-corrected chi connectivity index (χ2v) is 14.2. The van der Waals surface area contributed by atoms with Crippen molar-refractivity contribution >= 4 is 76.9 Å². The molecule has 49 heavy (non-hydrogen) atoms. The van der Waals surface area contributed by atoms with E-state index in [4.69, 9.17) is 14.2 Å². The Morgan fingerprint density at radius 1 is 0.918 bits per heavy atom. The number of nitro groups is 1. The van der Waals surface area contributed by atoms with Gasteiger partial charge < -0.3 is 19.5 Å². The van der Waals surface area contributed by atoms with Gasteiger partial charge in [-0.05, 0) is 81.5 Å². The van der Waals surface area contributed by atoms with E-state index in [2.05, 4.69) is 47.1 Å². The number of carbonyl (C=O) groups is 2. The van der Waals surface area contributed by atoms with Crippen molar-refractivity contribution in [2.75, 3.05) is 39.9 Å². The number of anilines is 1. The molecule has 3 aliphatic rings. The van der Waals surface area contributed by atoms with E-state index in [1.165, 1.54) is 25.3 Å². The van der Waals surface area contributed by atoms with E-state index in [-0.39, 0.29) is 56.0 Å². The second-order valence-electron chi connectivity index (χ2n) is 12.5. The molecular weight excluding hydrogens is 818 g/mol. The minimum Gasteiger partial charge on any atom is -0.468 e. The first kappa shape index (κ1) is 37.1. The number of rotatable bonds is 7. The first-order valence-corrected chi connectivity index (χ1v) is 16.6. The van der Waals surface area contributed by atoms with Crippen LogP contribution in [0.1, 0.15) is 36.8 Å². The van der Waals surface area contributed by atoms with Crippen molar-refractivity contribution in [2.45, 2.75) is 36.5 Å². The van der Waals surface area contributed by atoms with Crippen LogP contribution < -0.4 is 5.32 Å². The molecule has 0 bridgehead atoms. The second kappa shape index (κ2) is 14.2. The molecule has 0 saturated heterocycles. The molecule has 1 amide bonds. The maximum atomic E-state index is 13.9. The molecule has 2 aliphatic carbocycles. The van der Waals surface area contributed by atoms with E-state index in [9.17, 15) is 28.5 Å². The summed E-state index contributed by atoms with van der Waals surface area (Å²) in [5.41, 5.74) is 0.748. The van der Waals surface area contributed by atoms with Crippen LogP contribution in [0.25, 0.3) is 21.8 Å². The largest absolute Gasteiger partial charge is 0.468 e. The molecule has 0 radical (unpaired) electrons. The van der Waals surface area contributed by atoms with Gasteiger partial charge in [0, 0.05) is 73.0 Å². The van der Waals surface area contributed by atoms with Gasteiger partial charge in [0.1, 0.15) is 23.2 Å². The van der Waals surface area contributed by atoms with E-state index < -0.39 is 27.5 Å². The fraction of sp³-hybridized carbons (Fsp3) is 0.394. The molecule has 3 heterocycles. The molecule has 2 aromatic heterocycles. The van der Waals surface area contributed by atoms with Crippen LogP contribution >= 0.6 is 31.9 Å². The van der Waals surface area contributed by atoms with Crippen molar-refractivity contribution < 1.29 is 54.6 Å². The zero-order valence-electron chi connectivity index (χ0n) is 26.4. The molecule has 2 fully saturated rings. The first-order valence-electron chi connectivity index (χ1n) is 15.0. The predicted octanol–water partition coefficient (Wildman–Crippen LogP) is 6.89. The fourth-order valence-electron chi connectivity index (χ4n) is 7.59. The van der Waals surface area contributed by atoms with Gasteiger partial charge in [-0.1, -0.05) is 0 Å². The summed E-state index contributed by atoms with van der Waals surface area (Å²) in [7, 11) is 4.48. The topological polar surface area (TPSA) is 143 Å². The summed E-state index contributed by atoms with van der Waals surface area (Å²) in [4.78, 5) is 44.5. The summed E-state index contributed by atoms with van der Waals surface area (Å²) in [6.45, 7) is 1.10. The first-order chi connectivity index (χ1) is 22.9. The van der Waals surface area contributed by atoms with Crippen molar-refractivity contribution in [3.05, 3.63) is 78.5 Å². The van der Waals surface area contributed by atoms with Crippen LogP contribution in [0.5, 0.6) is 0 Å². The van der Waals surface area contributed by atoms with Gasteiger partial charge in [-0.3, -0.25) is 24.7 Å². The number of nitrogens with one attached hydrogen (secondary N) is 1. The minimum absolute atomic E-state index is 0. The number of amides is 1. The Labute approximate surface area is 306 Å². The van der Waals surface area contributed by atoms with Crippen molar-refractivity contribution in [3.63, 3.8) is 0 Å². The van der Waals surface area contributed by atoms with Crippen molar-refractivity contribution in [2.24, 2.45) is 11.8 Å². The SMILES string of the molecule is COCC1CC(C(=O)OC)(c2c([N+](=O)[O-])cnc3cc(F)c(Br)cc23)C1.COCC1CC2(C1)C(=O)Nc1cnc3cc(F)c(Br)cc3c12.[Fe]. The number of aromatic nitrogens is 2. The number of benzene rings is 2. The van der Waals surface area contributed by atoms with E-state index in [1.54, 1.807) is 26.5 Å². The standard InChI is InChI=1S/C17H16BrFN2O5.C16H14BrFN2O2.Fe/c1-25-8-9-5-17(6-9,16(22)26-2)15-10-3-11(18)12(19)4-13(10)20-7-14(15)21(23)24;1-22-7-8-4-16(5-8)14-9-2-10(17)11(18)3-12(9)19-6-13(14)20-15(16)21;/h3-4,7,9H,5-6,8H2,1-2H3;2-3,6,8H,4-5,7H2,1H3,(H,20,21);. The summed E-state index contributed by atoms with van der Waals surface area (Å²) in [5, 5.41) is 15.7. The number of esters is 1. The molecule has 1 aliphatic heterocycles. The van der Waals surface area contributed by atoms with Crippen molar-refractivity contribution in [1.82, 2.24) is 9.97 Å². The third kappa shape index (κ3) is 6.25. The Morgan fingerprint density at radius 3 is 1.94 bits per heavy atom. The molecule has 1 N–H and O–H groups in total. The number of hydrogen-bond donors (Lipinski definition) is 1. The van der Waals surface area contributed by atoms with E-state index in [0.29, 0.717) is 47.3 Å². The Morgan fingerprint density at radius 2 is 1.43 bits per heavy atom. The molecule has 16 heteroatoms.